The van der Waals surface area contributed by atoms with Gasteiger partial charge in [0.05, 0.1) is 18.7 Å². The maximum atomic E-state index is 12.1. The van der Waals surface area contributed by atoms with Crippen LogP contribution in [0.3, 0.4) is 0 Å². The largest absolute Gasteiger partial charge is 0.491 e. The third kappa shape index (κ3) is 3.87. The zero-order valence-electron chi connectivity index (χ0n) is 11.9. The van der Waals surface area contributed by atoms with Gasteiger partial charge in [-0.05, 0) is 25.0 Å². The number of amides is 1. The average molecular weight is 278 g/mol. The highest BCUT2D eigenvalue weighted by Crippen LogP contribution is 2.20. The van der Waals surface area contributed by atoms with Crippen molar-refractivity contribution in [3.8, 4) is 5.75 Å². The fraction of sp³-hybridized carbons (Fsp3) is 0.533. The predicted octanol–water partition coefficient (Wildman–Crippen LogP) is 1.68. The molecule has 0 saturated carbocycles. The fourth-order valence-corrected chi connectivity index (χ4v) is 2.31. The summed E-state index contributed by atoms with van der Waals surface area (Å²) in [5.41, 5.74) is 6.38. The second kappa shape index (κ2) is 7.14. The zero-order valence-corrected chi connectivity index (χ0v) is 11.9. The molecule has 1 fully saturated rings. The van der Waals surface area contributed by atoms with Crippen LogP contribution in [0.25, 0.3) is 0 Å². The molecule has 1 saturated heterocycles. The number of nitrogen functional groups attached to an aromatic ring is 1. The van der Waals surface area contributed by atoms with Crippen molar-refractivity contribution in [1.29, 1.82) is 0 Å². The number of anilines is 1. The van der Waals surface area contributed by atoms with Crippen molar-refractivity contribution in [3.05, 3.63) is 24.3 Å². The number of para-hydroxylation sites is 2. The Labute approximate surface area is 119 Å². The lowest BCUT2D eigenvalue weighted by molar-refractivity contribution is -0.134. The molecule has 2 rings (SSSR count). The van der Waals surface area contributed by atoms with Crippen LogP contribution in [0, 0.1) is 0 Å². The highest BCUT2D eigenvalue weighted by Gasteiger charge is 2.22. The highest BCUT2D eigenvalue weighted by atomic mass is 16.5. The first kappa shape index (κ1) is 14.7. The molecule has 0 unspecified atom stereocenters. The average Bonchev–Trinajstić information content (AvgIpc) is 2.49. The molecular formula is C15H22N2O3. The fourth-order valence-electron chi connectivity index (χ4n) is 2.31. The Morgan fingerprint density at radius 1 is 1.40 bits per heavy atom. The summed E-state index contributed by atoms with van der Waals surface area (Å²) in [6.07, 6.45) is 2.19. The molecule has 5 nitrogen and oxygen atoms in total. The SMILES string of the molecule is CN(C(=O)CCOc1ccccc1N)C1CCOCC1. The summed E-state index contributed by atoms with van der Waals surface area (Å²) < 4.78 is 10.9. The van der Waals surface area contributed by atoms with Crippen LogP contribution in [0.15, 0.2) is 24.3 Å². The summed E-state index contributed by atoms with van der Waals surface area (Å²) >= 11 is 0. The van der Waals surface area contributed by atoms with Gasteiger partial charge in [0, 0.05) is 26.3 Å². The smallest absolute Gasteiger partial charge is 0.225 e. The summed E-state index contributed by atoms with van der Waals surface area (Å²) in [5.74, 6) is 0.737. The van der Waals surface area contributed by atoms with E-state index >= 15 is 0 Å². The number of benzene rings is 1. The molecule has 0 aromatic heterocycles. The quantitative estimate of drug-likeness (QED) is 0.832. The molecule has 0 radical (unpaired) electrons. The van der Waals surface area contributed by atoms with E-state index in [1.165, 1.54) is 0 Å². The zero-order chi connectivity index (χ0) is 14.4. The van der Waals surface area contributed by atoms with Crippen molar-refractivity contribution >= 4 is 11.6 Å². The van der Waals surface area contributed by atoms with Crippen LogP contribution < -0.4 is 10.5 Å². The van der Waals surface area contributed by atoms with E-state index in [4.69, 9.17) is 15.2 Å². The number of nitrogens with zero attached hydrogens (tertiary/aromatic N) is 1. The van der Waals surface area contributed by atoms with Gasteiger partial charge in [0.2, 0.25) is 5.91 Å². The minimum absolute atomic E-state index is 0.103. The van der Waals surface area contributed by atoms with E-state index in [0.717, 1.165) is 26.1 Å². The van der Waals surface area contributed by atoms with Crippen molar-refractivity contribution < 1.29 is 14.3 Å². The van der Waals surface area contributed by atoms with Gasteiger partial charge in [-0.25, -0.2) is 0 Å². The Bertz CT molecular complexity index is 444. The maximum Gasteiger partial charge on any atom is 0.225 e. The molecule has 20 heavy (non-hydrogen) atoms. The van der Waals surface area contributed by atoms with E-state index in [2.05, 4.69) is 0 Å². The lowest BCUT2D eigenvalue weighted by atomic mass is 10.1. The van der Waals surface area contributed by atoms with Gasteiger partial charge in [-0.2, -0.15) is 0 Å². The summed E-state index contributed by atoms with van der Waals surface area (Å²) in [4.78, 5) is 13.9. The van der Waals surface area contributed by atoms with E-state index in [0.29, 0.717) is 24.5 Å². The molecular weight excluding hydrogens is 256 g/mol. The van der Waals surface area contributed by atoms with Crippen LogP contribution in [-0.4, -0.2) is 43.7 Å². The monoisotopic (exact) mass is 278 g/mol. The van der Waals surface area contributed by atoms with E-state index in [-0.39, 0.29) is 11.9 Å². The molecule has 0 atom stereocenters. The minimum Gasteiger partial charge on any atom is -0.491 e. The third-order valence-corrected chi connectivity index (χ3v) is 3.62. The summed E-state index contributed by atoms with van der Waals surface area (Å²) in [6, 6.07) is 7.60. The molecule has 0 spiro atoms. The van der Waals surface area contributed by atoms with Crippen LogP contribution in [0.2, 0.25) is 0 Å². The summed E-state index contributed by atoms with van der Waals surface area (Å²) in [5, 5.41) is 0. The van der Waals surface area contributed by atoms with Gasteiger partial charge in [0.25, 0.3) is 0 Å². The van der Waals surface area contributed by atoms with Gasteiger partial charge >= 0.3 is 0 Å². The van der Waals surface area contributed by atoms with Crippen molar-refractivity contribution in [2.75, 3.05) is 32.6 Å². The Morgan fingerprint density at radius 2 is 2.10 bits per heavy atom. The molecule has 5 heteroatoms. The number of nitrogens with two attached hydrogens (primary N) is 1. The van der Waals surface area contributed by atoms with Crippen LogP contribution in [0.5, 0.6) is 5.75 Å². The first-order valence-corrected chi connectivity index (χ1v) is 6.99. The Hall–Kier alpha value is -1.75. The van der Waals surface area contributed by atoms with E-state index in [1.807, 2.05) is 30.1 Å². The first-order valence-electron chi connectivity index (χ1n) is 6.99. The Morgan fingerprint density at radius 3 is 2.80 bits per heavy atom. The molecule has 1 heterocycles. The van der Waals surface area contributed by atoms with Gasteiger partial charge < -0.3 is 20.1 Å². The first-order chi connectivity index (χ1) is 9.68. The summed E-state index contributed by atoms with van der Waals surface area (Å²) in [6.45, 7) is 1.82. The van der Waals surface area contributed by atoms with Crippen LogP contribution in [0.4, 0.5) is 5.69 Å². The highest BCUT2D eigenvalue weighted by molar-refractivity contribution is 5.76. The number of ether oxygens (including phenoxy) is 2. The topological polar surface area (TPSA) is 64.8 Å². The number of hydrogen-bond donors (Lipinski definition) is 1. The van der Waals surface area contributed by atoms with Crippen molar-refractivity contribution in [3.63, 3.8) is 0 Å². The lowest BCUT2D eigenvalue weighted by Crippen LogP contribution is -2.41. The standard InChI is InChI=1S/C15H22N2O3/c1-17(12-6-9-19-10-7-12)15(18)8-11-20-14-5-3-2-4-13(14)16/h2-5,12H,6-11,16H2,1H3. The molecule has 1 aliphatic rings. The molecule has 1 aliphatic heterocycles. The van der Waals surface area contributed by atoms with Gasteiger partial charge in [-0.3, -0.25) is 4.79 Å². The van der Waals surface area contributed by atoms with Crippen molar-refractivity contribution in [1.82, 2.24) is 4.90 Å². The molecule has 1 aromatic carbocycles. The predicted molar refractivity (Wildman–Crippen MR) is 77.6 cm³/mol. The van der Waals surface area contributed by atoms with Crippen LogP contribution in [-0.2, 0) is 9.53 Å². The number of carbonyl (C=O) groups is 1. The Balaban J connectivity index is 1.76. The normalized spacial score (nSPS) is 15.8. The van der Waals surface area contributed by atoms with Gasteiger partial charge in [0.15, 0.2) is 0 Å². The van der Waals surface area contributed by atoms with Crippen LogP contribution in [0.1, 0.15) is 19.3 Å². The maximum absolute atomic E-state index is 12.1. The third-order valence-electron chi connectivity index (χ3n) is 3.62. The second-order valence-corrected chi connectivity index (χ2v) is 4.98. The van der Waals surface area contributed by atoms with E-state index in [1.54, 1.807) is 6.07 Å². The number of carbonyl (C=O) groups excluding carboxylic acids is 1. The molecule has 110 valence electrons. The van der Waals surface area contributed by atoms with Crippen LogP contribution >= 0.6 is 0 Å². The van der Waals surface area contributed by atoms with E-state index in [9.17, 15) is 4.79 Å². The van der Waals surface area contributed by atoms with Gasteiger partial charge in [-0.1, -0.05) is 12.1 Å². The van der Waals surface area contributed by atoms with E-state index < -0.39 is 0 Å². The molecule has 2 N–H and O–H groups in total. The number of hydrogen-bond acceptors (Lipinski definition) is 4. The lowest BCUT2D eigenvalue weighted by Gasteiger charge is -2.31. The molecule has 0 aliphatic carbocycles. The van der Waals surface area contributed by atoms with Crippen molar-refractivity contribution in [2.24, 2.45) is 0 Å². The van der Waals surface area contributed by atoms with Crippen molar-refractivity contribution in [2.45, 2.75) is 25.3 Å². The molecule has 1 aromatic rings. The second-order valence-electron chi connectivity index (χ2n) is 4.98. The number of rotatable bonds is 5. The minimum atomic E-state index is 0.103. The Kier molecular flexibility index (Phi) is 5.24. The van der Waals surface area contributed by atoms with Gasteiger partial charge in [0.1, 0.15) is 5.75 Å². The summed E-state index contributed by atoms with van der Waals surface area (Å²) in [7, 11) is 1.86. The van der Waals surface area contributed by atoms with Gasteiger partial charge in [-0.15, -0.1) is 0 Å². The molecule has 1 amide bonds. The molecule has 0 bridgehead atoms.